The minimum atomic E-state index is -4.04. The van der Waals surface area contributed by atoms with Crippen molar-refractivity contribution in [1.82, 2.24) is 5.32 Å². The third-order valence-electron chi connectivity index (χ3n) is 4.43. The summed E-state index contributed by atoms with van der Waals surface area (Å²) in [6, 6.07) is 0. The molecule has 0 aromatic carbocycles. The van der Waals surface area contributed by atoms with E-state index in [0.29, 0.717) is 65.3 Å². The maximum absolute atomic E-state index is 11.8. The smallest absolute Gasteiger partial charge is 0.265 e. The van der Waals surface area contributed by atoms with Gasteiger partial charge in [0.05, 0.1) is 38.8 Å². The van der Waals surface area contributed by atoms with E-state index in [-0.39, 0.29) is 55.4 Å². The Labute approximate surface area is 196 Å². The minimum Gasteiger partial charge on any atom is -0.379 e. The fourth-order valence-electron chi connectivity index (χ4n) is 2.67. The van der Waals surface area contributed by atoms with Crippen molar-refractivity contribution in [3.63, 3.8) is 0 Å². The highest BCUT2D eigenvalue weighted by atomic mass is 32.2. The quantitative estimate of drug-likeness (QED) is 0.153. The molecule has 33 heavy (non-hydrogen) atoms. The number of hydrogen-bond donors (Lipinski definition) is 2. The van der Waals surface area contributed by atoms with Crippen LogP contribution in [0.3, 0.4) is 0 Å². The highest BCUT2D eigenvalue weighted by Crippen LogP contribution is 2.13. The van der Waals surface area contributed by atoms with Gasteiger partial charge < -0.3 is 24.3 Å². The summed E-state index contributed by atoms with van der Waals surface area (Å²) in [6.07, 6.45) is 2.06. The largest absolute Gasteiger partial charge is 0.379 e. The molecule has 194 valence electrons. The van der Waals surface area contributed by atoms with Crippen LogP contribution in [-0.2, 0) is 43.4 Å². The van der Waals surface area contributed by atoms with E-state index in [1.807, 2.05) is 6.92 Å². The Morgan fingerprint density at radius 3 is 2.09 bits per heavy atom. The van der Waals surface area contributed by atoms with Crippen LogP contribution < -0.4 is 5.32 Å². The Balaban J connectivity index is 3.49. The Bertz CT molecular complexity index is 653. The second kappa shape index (κ2) is 20.0. The van der Waals surface area contributed by atoms with Gasteiger partial charge in [0, 0.05) is 26.0 Å². The third kappa shape index (κ3) is 23.5. The lowest BCUT2D eigenvalue weighted by atomic mass is 10.0. The number of carbonyl (C=O) groups is 3. The van der Waals surface area contributed by atoms with Crippen LogP contribution in [0, 0.1) is 5.92 Å². The number of ketones is 2. The van der Waals surface area contributed by atoms with E-state index in [0.717, 1.165) is 0 Å². The van der Waals surface area contributed by atoms with E-state index in [1.165, 1.54) is 6.92 Å². The molecule has 1 atom stereocenters. The van der Waals surface area contributed by atoms with Crippen molar-refractivity contribution in [2.24, 2.45) is 5.92 Å². The zero-order valence-corrected chi connectivity index (χ0v) is 20.5. The first-order chi connectivity index (χ1) is 15.6. The summed E-state index contributed by atoms with van der Waals surface area (Å²) in [5.41, 5.74) is 0. The number of Topliss-reactive ketones (excluding diaryl/α,β-unsaturated/α-hetero) is 2. The Morgan fingerprint density at radius 1 is 0.879 bits per heavy atom. The molecule has 1 amide bonds. The molecule has 12 heteroatoms. The molecule has 0 aromatic heterocycles. The van der Waals surface area contributed by atoms with Crippen molar-refractivity contribution in [1.29, 1.82) is 0 Å². The van der Waals surface area contributed by atoms with E-state index < -0.39 is 10.1 Å². The predicted molar refractivity (Wildman–Crippen MR) is 121 cm³/mol. The maximum atomic E-state index is 11.8. The van der Waals surface area contributed by atoms with Gasteiger partial charge in [0.15, 0.2) is 11.6 Å². The number of ether oxygens (including phenoxy) is 4. The molecule has 0 radical (unpaired) electrons. The van der Waals surface area contributed by atoms with Crippen molar-refractivity contribution in [2.75, 3.05) is 65.2 Å². The minimum absolute atomic E-state index is 0.00394. The first-order valence-electron chi connectivity index (χ1n) is 11.2. The molecule has 11 nitrogen and oxygen atoms in total. The van der Waals surface area contributed by atoms with Crippen molar-refractivity contribution >= 4 is 27.6 Å². The molecule has 0 aliphatic rings. The van der Waals surface area contributed by atoms with Crippen LogP contribution in [0.4, 0.5) is 0 Å². The van der Waals surface area contributed by atoms with E-state index in [4.69, 9.17) is 23.5 Å². The number of rotatable bonds is 23. The van der Waals surface area contributed by atoms with Gasteiger partial charge in [0.1, 0.15) is 13.2 Å². The molecule has 0 bridgehead atoms. The molecule has 0 heterocycles. The average Bonchev–Trinajstić information content (AvgIpc) is 2.73. The van der Waals surface area contributed by atoms with Crippen LogP contribution in [0.25, 0.3) is 0 Å². The number of amides is 1. The third-order valence-corrected chi connectivity index (χ3v) is 5.32. The fourth-order valence-corrected chi connectivity index (χ4v) is 3.67. The van der Waals surface area contributed by atoms with E-state index in [2.05, 4.69) is 5.32 Å². The lowest BCUT2D eigenvalue weighted by Gasteiger charge is -2.12. The SMILES string of the molecule is CCC(CCC(=O)NCCOCCOCC(=O)CCCOCCOCC(C)=O)CS(=O)(=O)O. The van der Waals surface area contributed by atoms with Gasteiger partial charge in [-0.05, 0) is 25.7 Å². The lowest BCUT2D eigenvalue weighted by molar-refractivity contribution is -0.125. The molecular formula is C21H39NO10S. The molecule has 0 spiro atoms. The van der Waals surface area contributed by atoms with Gasteiger partial charge >= 0.3 is 0 Å². The van der Waals surface area contributed by atoms with Gasteiger partial charge in [-0.1, -0.05) is 13.3 Å². The van der Waals surface area contributed by atoms with E-state index in [1.54, 1.807) is 0 Å². The number of nitrogens with one attached hydrogen (secondary N) is 1. The first-order valence-corrected chi connectivity index (χ1v) is 12.8. The van der Waals surface area contributed by atoms with Crippen LogP contribution in [0.2, 0.25) is 0 Å². The van der Waals surface area contributed by atoms with Gasteiger partial charge in [0.25, 0.3) is 10.1 Å². The molecule has 0 fully saturated rings. The summed E-state index contributed by atoms with van der Waals surface area (Å²) in [5.74, 6) is -0.867. The van der Waals surface area contributed by atoms with Crippen molar-refractivity contribution in [3.05, 3.63) is 0 Å². The summed E-state index contributed by atoms with van der Waals surface area (Å²) in [5, 5.41) is 2.68. The van der Waals surface area contributed by atoms with Crippen LogP contribution in [0.1, 0.15) is 46.0 Å². The van der Waals surface area contributed by atoms with Crippen LogP contribution in [-0.4, -0.2) is 95.6 Å². The molecule has 0 saturated carbocycles. The molecule has 0 rings (SSSR count). The Morgan fingerprint density at radius 2 is 1.48 bits per heavy atom. The molecule has 0 saturated heterocycles. The topological polar surface area (TPSA) is 155 Å². The second-order valence-corrected chi connectivity index (χ2v) is 9.08. The Hall–Kier alpha value is -1.44. The fraction of sp³-hybridized carbons (Fsp3) is 0.857. The van der Waals surface area contributed by atoms with E-state index >= 15 is 0 Å². The summed E-state index contributed by atoms with van der Waals surface area (Å²) in [6.45, 7) is 5.66. The molecule has 1 unspecified atom stereocenters. The monoisotopic (exact) mass is 497 g/mol. The molecule has 0 aliphatic carbocycles. The Kier molecular flexibility index (Phi) is 19.1. The zero-order valence-electron chi connectivity index (χ0n) is 19.7. The van der Waals surface area contributed by atoms with Crippen molar-refractivity contribution in [3.8, 4) is 0 Å². The highest BCUT2D eigenvalue weighted by Gasteiger charge is 2.16. The number of hydrogen-bond acceptors (Lipinski definition) is 9. The summed E-state index contributed by atoms with van der Waals surface area (Å²) < 4.78 is 51.6. The van der Waals surface area contributed by atoms with Crippen molar-refractivity contribution < 1.29 is 46.3 Å². The van der Waals surface area contributed by atoms with Gasteiger partial charge in [-0.3, -0.25) is 18.9 Å². The molecule has 0 aliphatic heterocycles. The maximum Gasteiger partial charge on any atom is 0.265 e. The molecular weight excluding hydrogens is 458 g/mol. The highest BCUT2D eigenvalue weighted by molar-refractivity contribution is 7.85. The van der Waals surface area contributed by atoms with Gasteiger partial charge in [-0.2, -0.15) is 8.42 Å². The van der Waals surface area contributed by atoms with Gasteiger partial charge in [-0.15, -0.1) is 0 Å². The number of carbonyl (C=O) groups excluding carboxylic acids is 3. The van der Waals surface area contributed by atoms with Crippen LogP contribution in [0.15, 0.2) is 0 Å². The summed E-state index contributed by atoms with van der Waals surface area (Å²) in [4.78, 5) is 34.1. The van der Waals surface area contributed by atoms with Gasteiger partial charge in [0.2, 0.25) is 5.91 Å². The second-order valence-electron chi connectivity index (χ2n) is 7.59. The summed E-state index contributed by atoms with van der Waals surface area (Å²) in [7, 11) is -4.04. The van der Waals surface area contributed by atoms with Crippen molar-refractivity contribution in [2.45, 2.75) is 46.0 Å². The first kappa shape index (κ1) is 31.6. The normalized spacial score (nSPS) is 12.5. The lowest BCUT2D eigenvalue weighted by Crippen LogP contribution is -2.28. The summed E-state index contributed by atoms with van der Waals surface area (Å²) >= 11 is 0. The van der Waals surface area contributed by atoms with Gasteiger partial charge in [-0.25, -0.2) is 0 Å². The van der Waals surface area contributed by atoms with E-state index in [9.17, 15) is 22.8 Å². The predicted octanol–water partition coefficient (Wildman–Crippen LogP) is 0.802. The van der Waals surface area contributed by atoms with Crippen LogP contribution in [0.5, 0.6) is 0 Å². The molecule has 2 N–H and O–H groups in total. The average molecular weight is 498 g/mol. The standard InChI is InChI=1S/C21H39NO10S/c1-3-19(17-33(26,27)28)6-7-21(25)22-8-10-30-12-14-32-16-20(24)5-4-9-29-11-13-31-15-18(2)23/h19H,3-17H2,1-2H3,(H,22,25)(H,26,27,28). The van der Waals surface area contributed by atoms with Crippen LogP contribution >= 0.6 is 0 Å². The zero-order chi connectivity index (χ0) is 25.0. The molecule has 0 aromatic rings.